The van der Waals surface area contributed by atoms with Crippen LogP contribution in [0.4, 0.5) is 8.78 Å². The van der Waals surface area contributed by atoms with Crippen molar-refractivity contribution in [2.24, 2.45) is 0 Å². The highest BCUT2D eigenvalue weighted by molar-refractivity contribution is 7.10. The van der Waals surface area contributed by atoms with E-state index in [9.17, 15) is 13.6 Å². The van der Waals surface area contributed by atoms with Crippen LogP contribution in [0.15, 0.2) is 41.8 Å². The van der Waals surface area contributed by atoms with Gasteiger partial charge in [0.2, 0.25) is 5.91 Å². The minimum atomic E-state index is -2.82. The lowest BCUT2D eigenvalue weighted by Crippen LogP contribution is -2.38. The molecular weight excluding hydrogens is 358 g/mol. The fourth-order valence-electron chi connectivity index (χ4n) is 3.31. The Labute approximate surface area is 156 Å². The summed E-state index contributed by atoms with van der Waals surface area (Å²) < 4.78 is 28.7. The van der Waals surface area contributed by atoms with Crippen LogP contribution in [0.2, 0.25) is 0 Å². The first kappa shape index (κ1) is 18.8. The summed E-state index contributed by atoms with van der Waals surface area (Å²) in [6.45, 7) is -1.12. The smallest absolute Gasteiger partial charge is 0.387 e. The largest absolute Gasteiger partial charge is 0.435 e. The predicted octanol–water partition coefficient (Wildman–Crippen LogP) is 4.15. The number of benzene rings is 1. The van der Waals surface area contributed by atoms with Crippen molar-refractivity contribution in [3.8, 4) is 5.75 Å². The molecule has 1 fully saturated rings. The summed E-state index contributed by atoms with van der Waals surface area (Å²) in [4.78, 5) is 17.9. The molecule has 140 valence electrons. The Hall–Kier alpha value is -1.99. The van der Waals surface area contributed by atoms with Gasteiger partial charge in [0, 0.05) is 18.0 Å². The number of carbonyl (C=O) groups excluding carboxylic acids is 1. The number of amides is 1. The monoisotopic (exact) mass is 380 g/mol. The molecular formula is C19H22F2N2O2S. The van der Waals surface area contributed by atoms with Crippen LogP contribution in [0, 0.1) is 0 Å². The van der Waals surface area contributed by atoms with Gasteiger partial charge >= 0.3 is 6.61 Å². The van der Waals surface area contributed by atoms with Gasteiger partial charge in [0.05, 0.1) is 12.6 Å². The molecule has 4 nitrogen and oxygen atoms in total. The maximum atomic E-state index is 12.7. The quantitative estimate of drug-likeness (QED) is 0.724. The van der Waals surface area contributed by atoms with E-state index in [-0.39, 0.29) is 17.7 Å². The Balaban J connectivity index is 1.54. The van der Waals surface area contributed by atoms with Crippen molar-refractivity contribution in [3.05, 3.63) is 52.2 Å². The Bertz CT molecular complexity index is 707. The number of thiophene rings is 1. The number of alkyl halides is 2. The van der Waals surface area contributed by atoms with E-state index in [0.717, 1.165) is 24.9 Å². The third-order valence-corrected chi connectivity index (χ3v) is 5.42. The maximum absolute atomic E-state index is 12.7. The van der Waals surface area contributed by atoms with Gasteiger partial charge in [-0.05, 0) is 49.0 Å². The van der Waals surface area contributed by atoms with E-state index >= 15 is 0 Å². The standard InChI is InChI=1S/C19H22F2N2O2S/c1-22(12-14-6-8-15(9-7-14)25-19(20)21)13-18(24)23-10-2-4-16(23)17-5-3-11-26-17/h3,5-9,11,16,19H,2,4,10,12-13H2,1H3. The highest BCUT2D eigenvalue weighted by Gasteiger charge is 2.30. The van der Waals surface area contributed by atoms with Gasteiger partial charge in [0.15, 0.2) is 0 Å². The van der Waals surface area contributed by atoms with Crippen LogP contribution in [0.25, 0.3) is 0 Å². The molecule has 1 atom stereocenters. The SMILES string of the molecule is CN(CC(=O)N1CCCC1c1cccs1)Cc1ccc(OC(F)F)cc1. The number of likely N-dealkylation sites (N-methyl/N-ethyl adjacent to an activating group) is 1. The molecule has 2 heterocycles. The number of nitrogens with zero attached hydrogens (tertiary/aromatic N) is 2. The lowest BCUT2D eigenvalue weighted by Gasteiger charge is -2.26. The summed E-state index contributed by atoms with van der Waals surface area (Å²) in [5, 5.41) is 2.05. The van der Waals surface area contributed by atoms with Crippen molar-refractivity contribution >= 4 is 17.2 Å². The van der Waals surface area contributed by atoms with Crippen LogP contribution in [0.5, 0.6) is 5.75 Å². The molecule has 1 aromatic heterocycles. The van der Waals surface area contributed by atoms with Gasteiger partial charge in [-0.15, -0.1) is 11.3 Å². The molecule has 0 bridgehead atoms. The van der Waals surface area contributed by atoms with Crippen LogP contribution < -0.4 is 4.74 Å². The lowest BCUT2D eigenvalue weighted by atomic mass is 10.2. The van der Waals surface area contributed by atoms with Crippen LogP contribution in [-0.4, -0.2) is 42.5 Å². The molecule has 7 heteroatoms. The van der Waals surface area contributed by atoms with Crippen molar-refractivity contribution in [1.82, 2.24) is 9.80 Å². The fourth-order valence-corrected chi connectivity index (χ4v) is 4.18. The van der Waals surface area contributed by atoms with Gasteiger partial charge < -0.3 is 9.64 Å². The van der Waals surface area contributed by atoms with Crippen molar-refractivity contribution < 1.29 is 18.3 Å². The minimum Gasteiger partial charge on any atom is -0.435 e. The van der Waals surface area contributed by atoms with Crippen LogP contribution in [0.3, 0.4) is 0 Å². The molecule has 1 aliphatic heterocycles. The molecule has 0 radical (unpaired) electrons. The van der Waals surface area contributed by atoms with E-state index in [1.54, 1.807) is 23.5 Å². The van der Waals surface area contributed by atoms with Crippen molar-refractivity contribution in [1.29, 1.82) is 0 Å². The number of hydrogen-bond donors (Lipinski definition) is 0. The number of halogens is 2. The zero-order chi connectivity index (χ0) is 18.5. The third-order valence-electron chi connectivity index (χ3n) is 4.45. The van der Waals surface area contributed by atoms with Crippen LogP contribution in [0.1, 0.15) is 29.3 Å². The van der Waals surface area contributed by atoms with E-state index < -0.39 is 6.61 Å². The summed E-state index contributed by atoms with van der Waals surface area (Å²) in [7, 11) is 1.89. The van der Waals surface area contributed by atoms with E-state index in [2.05, 4.69) is 10.8 Å². The first-order chi connectivity index (χ1) is 12.5. The number of carbonyl (C=O) groups is 1. The molecule has 2 aromatic rings. The van der Waals surface area contributed by atoms with Gasteiger partial charge in [-0.2, -0.15) is 8.78 Å². The number of rotatable bonds is 7. The Morgan fingerprint density at radius 3 is 2.77 bits per heavy atom. The van der Waals surface area contributed by atoms with Gasteiger partial charge in [-0.25, -0.2) is 0 Å². The van der Waals surface area contributed by atoms with E-state index in [1.165, 1.54) is 17.0 Å². The summed E-state index contributed by atoms with van der Waals surface area (Å²) >= 11 is 1.70. The average molecular weight is 380 g/mol. The first-order valence-electron chi connectivity index (χ1n) is 8.58. The molecule has 1 aliphatic rings. The molecule has 3 rings (SSSR count). The van der Waals surface area contributed by atoms with Crippen LogP contribution >= 0.6 is 11.3 Å². The second kappa shape index (κ2) is 8.60. The second-order valence-corrected chi connectivity index (χ2v) is 7.43. The van der Waals surface area contributed by atoms with Crippen LogP contribution in [-0.2, 0) is 11.3 Å². The number of ether oxygens (including phenoxy) is 1. The molecule has 26 heavy (non-hydrogen) atoms. The Morgan fingerprint density at radius 2 is 2.12 bits per heavy atom. The fraction of sp³-hybridized carbons (Fsp3) is 0.421. The molecule has 0 saturated carbocycles. The summed E-state index contributed by atoms with van der Waals surface area (Å²) in [5.41, 5.74) is 0.943. The molecule has 0 N–H and O–H groups in total. The zero-order valence-corrected chi connectivity index (χ0v) is 15.4. The minimum absolute atomic E-state index is 0.126. The zero-order valence-electron chi connectivity index (χ0n) is 14.6. The Kier molecular flexibility index (Phi) is 6.21. The second-order valence-electron chi connectivity index (χ2n) is 6.46. The first-order valence-corrected chi connectivity index (χ1v) is 9.46. The van der Waals surface area contributed by atoms with Gasteiger partial charge in [-0.1, -0.05) is 18.2 Å². The number of hydrogen-bond acceptors (Lipinski definition) is 4. The Morgan fingerprint density at radius 1 is 1.35 bits per heavy atom. The summed E-state index contributed by atoms with van der Waals surface area (Å²) in [5.74, 6) is 0.263. The normalized spacial score (nSPS) is 17.3. The topological polar surface area (TPSA) is 32.8 Å². The molecule has 1 unspecified atom stereocenters. The van der Waals surface area contributed by atoms with Crippen molar-refractivity contribution in [3.63, 3.8) is 0 Å². The highest BCUT2D eigenvalue weighted by Crippen LogP contribution is 2.34. The molecule has 0 aliphatic carbocycles. The van der Waals surface area contributed by atoms with Crippen molar-refractivity contribution in [2.75, 3.05) is 20.1 Å². The molecule has 1 aromatic carbocycles. The van der Waals surface area contributed by atoms with E-state index in [4.69, 9.17) is 0 Å². The third kappa shape index (κ3) is 4.80. The van der Waals surface area contributed by atoms with Gasteiger partial charge in [0.1, 0.15) is 5.75 Å². The predicted molar refractivity (Wildman–Crippen MR) is 97.4 cm³/mol. The summed E-state index contributed by atoms with van der Waals surface area (Å²) in [6.07, 6.45) is 2.05. The van der Waals surface area contributed by atoms with Gasteiger partial charge in [0.25, 0.3) is 0 Å². The molecule has 0 spiro atoms. The van der Waals surface area contributed by atoms with Gasteiger partial charge in [-0.3, -0.25) is 9.69 Å². The summed E-state index contributed by atoms with van der Waals surface area (Å²) in [6, 6.07) is 10.8. The lowest BCUT2D eigenvalue weighted by molar-refractivity contribution is -0.133. The average Bonchev–Trinajstić information content (AvgIpc) is 3.27. The van der Waals surface area contributed by atoms with E-state index in [0.29, 0.717) is 13.1 Å². The molecule has 1 saturated heterocycles. The highest BCUT2D eigenvalue weighted by atomic mass is 32.1. The number of likely N-dealkylation sites (tertiary alicyclic amines) is 1. The maximum Gasteiger partial charge on any atom is 0.387 e. The van der Waals surface area contributed by atoms with Crippen molar-refractivity contribution in [2.45, 2.75) is 32.0 Å². The molecule has 1 amide bonds. The van der Waals surface area contributed by atoms with E-state index in [1.807, 2.05) is 28.3 Å².